The SMILES string of the molecule is COc1cc(/C=C2/C(=O)NN(c3ccccc3)C2=O)cc(I)c1OCc1cccc2ccccc12. The number of hydrazine groups is 1. The number of hydrogen-bond donors (Lipinski definition) is 1. The van der Waals surface area contributed by atoms with Crippen LogP contribution in [0, 0.1) is 3.57 Å². The van der Waals surface area contributed by atoms with Crippen molar-refractivity contribution in [3.8, 4) is 11.5 Å². The average Bonchev–Trinajstić information content (AvgIpc) is 3.16. The molecule has 0 radical (unpaired) electrons. The van der Waals surface area contributed by atoms with Crippen molar-refractivity contribution < 1.29 is 19.1 Å². The van der Waals surface area contributed by atoms with Gasteiger partial charge in [0.25, 0.3) is 11.8 Å². The smallest absolute Gasteiger partial charge is 0.282 e. The van der Waals surface area contributed by atoms with Gasteiger partial charge >= 0.3 is 0 Å². The number of carbonyl (C=O) groups excluding carboxylic acids is 2. The normalized spacial score (nSPS) is 14.5. The minimum absolute atomic E-state index is 0.0520. The van der Waals surface area contributed by atoms with E-state index in [1.165, 1.54) is 5.01 Å². The van der Waals surface area contributed by atoms with Crippen LogP contribution in [0.1, 0.15) is 11.1 Å². The number of halogens is 1. The van der Waals surface area contributed by atoms with Crippen molar-refractivity contribution in [1.29, 1.82) is 0 Å². The molecule has 0 saturated carbocycles. The van der Waals surface area contributed by atoms with Crippen LogP contribution in [0.25, 0.3) is 16.8 Å². The van der Waals surface area contributed by atoms with Crippen LogP contribution < -0.4 is 19.9 Å². The van der Waals surface area contributed by atoms with Crippen LogP contribution in [0.5, 0.6) is 11.5 Å². The van der Waals surface area contributed by atoms with Crippen molar-refractivity contribution in [2.75, 3.05) is 12.1 Å². The lowest BCUT2D eigenvalue weighted by atomic mass is 10.1. The van der Waals surface area contributed by atoms with Gasteiger partial charge in [0.2, 0.25) is 0 Å². The third-order valence-electron chi connectivity index (χ3n) is 5.72. The lowest BCUT2D eigenvalue weighted by Gasteiger charge is -2.15. The molecule has 0 spiro atoms. The van der Waals surface area contributed by atoms with Gasteiger partial charge in [-0.15, -0.1) is 0 Å². The second-order valence-electron chi connectivity index (χ2n) is 7.94. The molecule has 0 aliphatic carbocycles. The van der Waals surface area contributed by atoms with E-state index in [0.717, 1.165) is 19.9 Å². The third kappa shape index (κ3) is 4.59. The van der Waals surface area contributed by atoms with Gasteiger partial charge in [-0.2, -0.15) is 0 Å². The Hall–Kier alpha value is -3.85. The standard InChI is InChI=1S/C28H21IN2O4/c1-34-25-16-18(14-23-27(32)30-31(28(23)33)21-11-3-2-4-12-21)15-24(29)26(25)35-17-20-10-7-9-19-8-5-6-13-22(19)20/h2-16H,17H2,1H3,(H,30,32)/b23-14-. The van der Waals surface area contributed by atoms with Crippen LogP contribution in [0.15, 0.2) is 90.5 Å². The van der Waals surface area contributed by atoms with Crippen LogP contribution in [0.4, 0.5) is 5.69 Å². The van der Waals surface area contributed by atoms with E-state index in [1.807, 2.05) is 36.4 Å². The van der Waals surface area contributed by atoms with Gasteiger partial charge in [0.15, 0.2) is 11.5 Å². The van der Waals surface area contributed by atoms with Gasteiger partial charge in [-0.05, 0) is 74.8 Å². The number of fused-ring (bicyclic) bond motifs is 1. The molecule has 0 aromatic heterocycles. The number of rotatable bonds is 6. The molecule has 1 aliphatic rings. The van der Waals surface area contributed by atoms with Gasteiger partial charge < -0.3 is 9.47 Å². The minimum Gasteiger partial charge on any atom is -0.493 e. The van der Waals surface area contributed by atoms with E-state index in [0.29, 0.717) is 29.4 Å². The lowest BCUT2D eigenvalue weighted by Crippen LogP contribution is -2.35. The largest absolute Gasteiger partial charge is 0.493 e. The second-order valence-corrected chi connectivity index (χ2v) is 9.10. The van der Waals surface area contributed by atoms with Gasteiger partial charge in [0, 0.05) is 0 Å². The summed E-state index contributed by atoms with van der Waals surface area (Å²) in [5.41, 5.74) is 5.00. The first-order valence-corrected chi connectivity index (χ1v) is 12.0. The summed E-state index contributed by atoms with van der Waals surface area (Å²) >= 11 is 2.18. The van der Waals surface area contributed by atoms with E-state index >= 15 is 0 Å². The predicted octanol–water partition coefficient (Wildman–Crippen LogP) is 5.49. The molecule has 0 bridgehead atoms. The molecule has 4 aromatic rings. The van der Waals surface area contributed by atoms with Gasteiger partial charge in [0.1, 0.15) is 12.2 Å². The number of amides is 2. The fraction of sp³-hybridized carbons (Fsp3) is 0.0714. The van der Waals surface area contributed by atoms with Crippen LogP contribution in [-0.4, -0.2) is 18.9 Å². The van der Waals surface area contributed by atoms with Crippen molar-refractivity contribution in [1.82, 2.24) is 5.43 Å². The summed E-state index contributed by atoms with van der Waals surface area (Å²) in [5, 5.41) is 3.54. The molecule has 2 amide bonds. The van der Waals surface area contributed by atoms with Crippen molar-refractivity contribution >= 4 is 56.9 Å². The topological polar surface area (TPSA) is 67.9 Å². The molecule has 7 heteroatoms. The van der Waals surface area contributed by atoms with E-state index in [4.69, 9.17) is 9.47 Å². The Balaban J connectivity index is 1.41. The highest BCUT2D eigenvalue weighted by Crippen LogP contribution is 2.36. The molecular weight excluding hydrogens is 555 g/mol. The molecule has 5 rings (SSSR count). The zero-order valence-corrected chi connectivity index (χ0v) is 21.0. The first kappa shape index (κ1) is 22.9. The molecule has 1 aliphatic heterocycles. The summed E-state index contributed by atoms with van der Waals surface area (Å²) in [6.45, 7) is 0.376. The summed E-state index contributed by atoms with van der Waals surface area (Å²) in [7, 11) is 1.57. The van der Waals surface area contributed by atoms with Crippen molar-refractivity contribution in [3.63, 3.8) is 0 Å². The number of para-hydroxylation sites is 1. The van der Waals surface area contributed by atoms with Crippen molar-refractivity contribution in [3.05, 3.63) is 105 Å². The highest BCUT2D eigenvalue weighted by atomic mass is 127. The highest BCUT2D eigenvalue weighted by Gasteiger charge is 2.34. The van der Waals surface area contributed by atoms with Gasteiger partial charge in [0.05, 0.1) is 16.4 Å². The zero-order chi connectivity index (χ0) is 24.4. The molecular formula is C28H21IN2O4. The molecule has 1 N–H and O–H groups in total. The molecule has 1 saturated heterocycles. The predicted molar refractivity (Wildman–Crippen MR) is 144 cm³/mol. The quantitative estimate of drug-likeness (QED) is 0.187. The maximum absolute atomic E-state index is 12.9. The number of methoxy groups -OCH3 is 1. The summed E-state index contributed by atoms with van der Waals surface area (Å²) in [6.07, 6.45) is 1.57. The molecule has 35 heavy (non-hydrogen) atoms. The van der Waals surface area contributed by atoms with Crippen molar-refractivity contribution in [2.45, 2.75) is 6.61 Å². The Morgan fingerprint density at radius 1 is 0.943 bits per heavy atom. The molecule has 1 fully saturated rings. The Labute approximate surface area is 216 Å². The number of nitrogens with one attached hydrogen (secondary N) is 1. The van der Waals surface area contributed by atoms with Gasteiger partial charge in [-0.1, -0.05) is 60.7 Å². The third-order valence-corrected chi connectivity index (χ3v) is 6.52. The van der Waals surface area contributed by atoms with Crippen molar-refractivity contribution in [2.24, 2.45) is 0 Å². The number of ether oxygens (including phenoxy) is 2. The lowest BCUT2D eigenvalue weighted by molar-refractivity contribution is -0.117. The fourth-order valence-corrected chi connectivity index (χ4v) is 4.80. The first-order valence-electron chi connectivity index (χ1n) is 10.9. The van der Waals surface area contributed by atoms with Crippen LogP contribution in [0.2, 0.25) is 0 Å². The second kappa shape index (κ2) is 9.79. The maximum atomic E-state index is 12.9. The van der Waals surface area contributed by atoms with Gasteiger partial charge in [-0.3, -0.25) is 15.0 Å². The summed E-state index contributed by atoms with van der Waals surface area (Å²) < 4.78 is 12.6. The summed E-state index contributed by atoms with van der Waals surface area (Å²) in [4.78, 5) is 25.5. The van der Waals surface area contributed by atoms with Crippen LogP contribution in [0.3, 0.4) is 0 Å². The van der Waals surface area contributed by atoms with E-state index in [1.54, 1.807) is 43.5 Å². The average molecular weight is 576 g/mol. The maximum Gasteiger partial charge on any atom is 0.282 e. The Morgan fingerprint density at radius 2 is 1.69 bits per heavy atom. The Kier molecular flexibility index (Phi) is 6.41. The highest BCUT2D eigenvalue weighted by molar-refractivity contribution is 14.1. The number of anilines is 1. The molecule has 174 valence electrons. The van der Waals surface area contributed by atoms with Crippen LogP contribution >= 0.6 is 22.6 Å². The van der Waals surface area contributed by atoms with E-state index < -0.39 is 11.8 Å². The number of nitrogens with zero attached hydrogens (tertiary/aromatic N) is 1. The molecule has 0 unspecified atom stereocenters. The summed E-state index contributed by atoms with van der Waals surface area (Å²) in [6, 6.07) is 26.9. The molecule has 0 atom stereocenters. The Bertz CT molecular complexity index is 1460. The molecule has 6 nitrogen and oxygen atoms in total. The number of hydrogen-bond acceptors (Lipinski definition) is 4. The Morgan fingerprint density at radius 3 is 2.49 bits per heavy atom. The molecule has 1 heterocycles. The fourth-order valence-electron chi connectivity index (χ4n) is 4.01. The minimum atomic E-state index is -0.455. The monoisotopic (exact) mass is 576 g/mol. The van der Waals surface area contributed by atoms with E-state index in [2.05, 4.69) is 46.2 Å². The molecule has 4 aromatic carbocycles. The van der Waals surface area contributed by atoms with E-state index in [9.17, 15) is 9.59 Å². The van der Waals surface area contributed by atoms with Crippen LogP contribution in [-0.2, 0) is 16.2 Å². The van der Waals surface area contributed by atoms with E-state index in [-0.39, 0.29) is 5.57 Å². The number of benzene rings is 4. The number of carbonyl (C=O) groups is 2. The van der Waals surface area contributed by atoms with Gasteiger partial charge in [-0.25, -0.2) is 5.01 Å². The summed E-state index contributed by atoms with van der Waals surface area (Å²) in [5.74, 6) is 0.265. The first-order chi connectivity index (χ1) is 17.0. The zero-order valence-electron chi connectivity index (χ0n) is 18.8.